The molecule has 0 aromatic carbocycles. The van der Waals surface area contributed by atoms with E-state index in [1.165, 1.54) is 0 Å². The van der Waals surface area contributed by atoms with Gasteiger partial charge in [-0.15, -0.1) is 0 Å². The van der Waals surface area contributed by atoms with Crippen LogP contribution in [0.1, 0.15) is 36.0 Å². The van der Waals surface area contributed by atoms with Crippen LogP contribution in [-0.2, 0) is 4.79 Å². The van der Waals surface area contributed by atoms with Gasteiger partial charge in [-0.1, -0.05) is 12.1 Å². The lowest BCUT2D eigenvalue weighted by atomic mass is 9.94. The molecule has 1 saturated heterocycles. The summed E-state index contributed by atoms with van der Waals surface area (Å²) in [4.78, 5) is 25.3. The van der Waals surface area contributed by atoms with Crippen LogP contribution >= 0.6 is 0 Å². The van der Waals surface area contributed by atoms with E-state index in [0.29, 0.717) is 25.2 Å². The second-order valence-electron chi connectivity index (χ2n) is 4.41. The standard InChI is InChI=1S/C12H16N2O3/c1-3-9-7-14(5-4-10(9)15)12(16)11-6-8(2)13-17-11/h6,9H,3-5,7H2,1-2H3. The first-order valence-corrected chi connectivity index (χ1v) is 5.87. The van der Waals surface area contributed by atoms with Crippen molar-refractivity contribution < 1.29 is 14.1 Å². The number of Topliss-reactive ketones (excluding diaryl/α,β-unsaturated/α-hetero) is 1. The molecule has 2 heterocycles. The number of ketones is 1. The van der Waals surface area contributed by atoms with Crippen molar-refractivity contribution in [3.8, 4) is 0 Å². The Bertz CT molecular complexity index is 439. The van der Waals surface area contributed by atoms with Crippen molar-refractivity contribution in [2.24, 2.45) is 5.92 Å². The predicted molar refractivity (Wildman–Crippen MR) is 60.5 cm³/mol. The smallest absolute Gasteiger partial charge is 0.292 e. The number of amides is 1. The van der Waals surface area contributed by atoms with E-state index in [1.54, 1.807) is 17.9 Å². The lowest BCUT2D eigenvalue weighted by Gasteiger charge is -2.30. The van der Waals surface area contributed by atoms with Crippen molar-refractivity contribution in [3.63, 3.8) is 0 Å². The average molecular weight is 236 g/mol. The second kappa shape index (κ2) is 4.69. The molecule has 1 atom stereocenters. The number of aromatic nitrogens is 1. The van der Waals surface area contributed by atoms with Gasteiger partial charge in [0.15, 0.2) is 0 Å². The van der Waals surface area contributed by atoms with Crippen molar-refractivity contribution in [1.82, 2.24) is 10.1 Å². The molecule has 5 nitrogen and oxygen atoms in total. The number of rotatable bonds is 2. The first-order chi connectivity index (χ1) is 8.11. The topological polar surface area (TPSA) is 63.4 Å². The lowest BCUT2D eigenvalue weighted by molar-refractivity contribution is -0.125. The van der Waals surface area contributed by atoms with Gasteiger partial charge in [0.2, 0.25) is 5.76 Å². The molecule has 1 aromatic heterocycles. The van der Waals surface area contributed by atoms with Crippen LogP contribution in [0.2, 0.25) is 0 Å². The summed E-state index contributed by atoms with van der Waals surface area (Å²) in [6.45, 7) is 4.71. The zero-order chi connectivity index (χ0) is 12.4. The van der Waals surface area contributed by atoms with E-state index >= 15 is 0 Å². The maximum Gasteiger partial charge on any atom is 0.292 e. The molecule has 92 valence electrons. The maximum absolute atomic E-state index is 12.1. The van der Waals surface area contributed by atoms with Crippen LogP contribution in [0.15, 0.2) is 10.6 Å². The Kier molecular flexibility index (Phi) is 3.26. The third kappa shape index (κ3) is 2.38. The van der Waals surface area contributed by atoms with E-state index in [4.69, 9.17) is 4.52 Å². The van der Waals surface area contributed by atoms with Crippen LogP contribution in [-0.4, -0.2) is 34.8 Å². The Morgan fingerprint density at radius 3 is 3.00 bits per heavy atom. The van der Waals surface area contributed by atoms with E-state index in [1.807, 2.05) is 6.92 Å². The van der Waals surface area contributed by atoms with Crippen LogP contribution in [0.4, 0.5) is 0 Å². The zero-order valence-corrected chi connectivity index (χ0v) is 10.1. The van der Waals surface area contributed by atoms with Gasteiger partial charge in [-0.3, -0.25) is 9.59 Å². The number of piperidine rings is 1. The SMILES string of the molecule is CCC1CN(C(=O)c2cc(C)no2)CCC1=O. The molecule has 0 saturated carbocycles. The van der Waals surface area contributed by atoms with E-state index in [9.17, 15) is 9.59 Å². The molecule has 1 aromatic rings. The van der Waals surface area contributed by atoms with Gasteiger partial charge in [0.1, 0.15) is 5.78 Å². The van der Waals surface area contributed by atoms with Crippen molar-refractivity contribution in [2.45, 2.75) is 26.7 Å². The summed E-state index contributed by atoms with van der Waals surface area (Å²) in [6.07, 6.45) is 1.22. The van der Waals surface area contributed by atoms with Crippen LogP contribution in [0.3, 0.4) is 0 Å². The molecule has 5 heteroatoms. The van der Waals surface area contributed by atoms with E-state index in [0.717, 1.165) is 6.42 Å². The van der Waals surface area contributed by atoms with E-state index in [2.05, 4.69) is 5.16 Å². The van der Waals surface area contributed by atoms with Crippen molar-refractivity contribution in [1.29, 1.82) is 0 Å². The Morgan fingerprint density at radius 1 is 1.65 bits per heavy atom. The van der Waals surface area contributed by atoms with E-state index < -0.39 is 0 Å². The van der Waals surface area contributed by atoms with Crippen LogP contribution in [0.5, 0.6) is 0 Å². The fourth-order valence-electron chi connectivity index (χ4n) is 2.07. The highest BCUT2D eigenvalue weighted by molar-refractivity contribution is 5.93. The Balaban J connectivity index is 2.08. The molecule has 1 unspecified atom stereocenters. The number of carbonyl (C=O) groups is 2. The van der Waals surface area contributed by atoms with Gasteiger partial charge in [0.25, 0.3) is 5.91 Å². The highest BCUT2D eigenvalue weighted by Crippen LogP contribution is 2.18. The minimum atomic E-state index is -0.170. The third-order valence-corrected chi connectivity index (χ3v) is 3.14. The second-order valence-corrected chi connectivity index (χ2v) is 4.41. The van der Waals surface area contributed by atoms with Crippen LogP contribution < -0.4 is 0 Å². The highest BCUT2D eigenvalue weighted by Gasteiger charge is 2.30. The van der Waals surface area contributed by atoms with Gasteiger partial charge in [-0.05, 0) is 13.3 Å². The first-order valence-electron chi connectivity index (χ1n) is 5.87. The van der Waals surface area contributed by atoms with Gasteiger partial charge in [0, 0.05) is 31.5 Å². The zero-order valence-electron chi connectivity index (χ0n) is 10.1. The lowest BCUT2D eigenvalue weighted by Crippen LogP contribution is -2.43. The summed E-state index contributed by atoms with van der Waals surface area (Å²) in [5.41, 5.74) is 0.688. The van der Waals surface area contributed by atoms with Gasteiger partial charge in [-0.25, -0.2) is 0 Å². The summed E-state index contributed by atoms with van der Waals surface area (Å²) >= 11 is 0. The van der Waals surface area contributed by atoms with Gasteiger partial charge in [-0.2, -0.15) is 0 Å². The Labute approximate surface area is 99.8 Å². The molecule has 0 N–H and O–H groups in total. The molecule has 0 radical (unpaired) electrons. The quantitative estimate of drug-likeness (QED) is 0.779. The van der Waals surface area contributed by atoms with Crippen molar-refractivity contribution >= 4 is 11.7 Å². The van der Waals surface area contributed by atoms with E-state index in [-0.39, 0.29) is 23.4 Å². The first kappa shape index (κ1) is 11.8. The third-order valence-electron chi connectivity index (χ3n) is 3.14. The number of hydrogen-bond acceptors (Lipinski definition) is 4. The molecule has 1 aliphatic rings. The molecule has 1 aliphatic heterocycles. The van der Waals surface area contributed by atoms with Crippen LogP contribution in [0.25, 0.3) is 0 Å². The molecular weight excluding hydrogens is 220 g/mol. The number of hydrogen-bond donors (Lipinski definition) is 0. The number of carbonyl (C=O) groups excluding carboxylic acids is 2. The van der Waals surface area contributed by atoms with Crippen molar-refractivity contribution in [2.75, 3.05) is 13.1 Å². The minimum Gasteiger partial charge on any atom is -0.351 e. The average Bonchev–Trinajstić information content (AvgIpc) is 2.75. The van der Waals surface area contributed by atoms with Crippen molar-refractivity contribution in [3.05, 3.63) is 17.5 Å². The molecule has 17 heavy (non-hydrogen) atoms. The molecule has 0 aliphatic carbocycles. The fraction of sp³-hybridized carbons (Fsp3) is 0.583. The number of likely N-dealkylation sites (tertiary alicyclic amines) is 1. The molecule has 2 rings (SSSR count). The monoisotopic (exact) mass is 236 g/mol. The summed E-state index contributed by atoms with van der Waals surface area (Å²) in [5.74, 6) is 0.310. The largest absolute Gasteiger partial charge is 0.351 e. The molecule has 1 fully saturated rings. The van der Waals surface area contributed by atoms with Gasteiger partial charge in [0.05, 0.1) is 5.69 Å². The molecule has 1 amide bonds. The summed E-state index contributed by atoms with van der Waals surface area (Å²) < 4.78 is 4.95. The van der Waals surface area contributed by atoms with Gasteiger partial charge >= 0.3 is 0 Å². The summed E-state index contributed by atoms with van der Waals surface area (Å²) in [5, 5.41) is 3.70. The summed E-state index contributed by atoms with van der Waals surface area (Å²) in [6, 6.07) is 1.62. The number of aryl methyl sites for hydroxylation is 1. The number of nitrogens with zero attached hydrogens (tertiary/aromatic N) is 2. The normalized spacial score (nSPS) is 20.7. The predicted octanol–water partition coefficient (Wildman–Crippen LogP) is 1.42. The molecular formula is C12H16N2O3. The Hall–Kier alpha value is -1.65. The minimum absolute atomic E-state index is 0.0308. The van der Waals surface area contributed by atoms with Gasteiger partial charge < -0.3 is 9.42 Å². The fourth-order valence-corrected chi connectivity index (χ4v) is 2.07. The Morgan fingerprint density at radius 2 is 2.41 bits per heavy atom. The summed E-state index contributed by atoms with van der Waals surface area (Å²) in [7, 11) is 0. The van der Waals surface area contributed by atoms with Crippen LogP contribution in [0, 0.1) is 12.8 Å². The molecule has 0 bridgehead atoms. The molecule has 0 spiro atoms. The maximum atomic E-state index is 12.1. The highest BCUT2D eigenvalue weighted by atomic mass is 16.5.